The fourth-order valence-corrected chi connectivity index (χ4v) is 2.22. The normalized spacial score (nSPS) is 11.0. The van der Waals surface area contributed by atoms with E-state index in [2.05, 4.69) is 10.9 Å². The molecule has 134 valence electrons. The Balaban J connectivity index is 1.99. The van der Waals surface area contributed by atoms with Gasteiger partial charge in [0.25, 0.3) is 11.8 Å². The summed E-state index contributed by atoms with van der Waals surface area (Å²) in [7, 11) is 1.42. The molecule has 2 N–H and O–H groups in total. The van der Waals surface area contributed by atoms with E-state index in [-0.39, 0.29) is 11.3 Å². The number of halogens is 1. The van der Waals surface area contributed by atoms with Crippen LogP contribution in [0.25, 0.3) is 0 Å². The van der Waals surface area contributed by atoms with Crippen LogP contribution >= 0.6 is 11.6 Å². The predicted octanol–water partition coefficient (Wildman–Crippen LogP) is 2.45. The molecular formula is C18H16ClN3O4. The molecule has 1 atom stereocenters. The van der Waals surface area contributed by atoms with Gasteiger partial charge in [0.05, 0.1) is 18.2 Å². The highest BCUT2D eigenvalue weighted by molar-refractivity contribution is 6.31. The van der Waals surface area contributed by atoms with Crippen molar-refractivity contribution in [1.82, 2.24) is 10.9 Å². The van der Waals surface area contributed by atoms with Crippen molar-refractivity contribution in [3.05, 3.63) is 58.6 Å². The minimum Gasteiger partial charge on any atom is -0.496 e. The van der Waals surface area contributed by atoms with Crippen molar-refractivity contribution in [3.8, 4) is 17.6 Å². The molecule has 0 aliphatic carbocycles. The Labute approximate surface area is 155 Å². The molecule has 2 aromatic carbocycles. The number of carbonyl (C=O) groups excluding carboxylic acids is 2. The number of carbonyl (C=O) groups is 2. The summed E-state index contributed by atoms with van der Waals surface area (Å²) in [6, 6.07) is 13.1. The minimum atomic E-state index is -0.939. The summed E-state index contributed by atoms with van der Waals surface area (Å²) >= 11 is 5.88. The van der Waals surface area contributed by atoms with Gasteiger partial charge in [-0.1, -0.05) is 23.7 Å². The van der Waals surface area contributed by atoms with Crippen LogP contribution in [-0.4, -0.2) is 25.0 Å². The first-order valence-corrected chi connectivity index (χ1v) is 7.93. The van der Waals surface area contributed by atoms with E-state index in [1.54, 1.807) is 36.4 Å². The van der Waals surface area contributed by atoms with Gasteiger partial charge >= 0.3 is 0 Å². The van der Waals surface area contributed by atoms with E-state index in [4.69, 9.17) is 26.3 Å². The third-order valence-corrected chi connectivity index (χ3v) is 3.62. The Kier molecular flexibility index (Phi) is 6.42. The van der Waals surface area contributed by atoms with Crippen molar-refractivity contribution in [2.24, 2.45) is 0 Å². The number of methoxy groups -OCH3 is 1. The Morgan fingerprint density at radius 2 is 1.88 bits per heavy atom. The number of nitriles is 1. The van der Waals surface area contributed by atoms with E-state index in [1.807, 2.05) is 6.07 Å². The molecule has 2 rings (SSSR count). The Morgan fingerprint density at radius 1 is 1.15 bits per heavy atom. The third kappa shape index (κ3) is 4.65. The van der Waals surface area contributed by atoms with Gasteiger partial charge in [0.2, 0.25) is 0 Å². The van der Waals surface area contributed by atoms with Gasteiger partial charge in [-0.3, -0.25) is 20.4 Å². The molecule has 8 heteroatoms. The molecule has 26 heavy (non-hydrogen) atoms. The fraction of sp³-hybridized carbons (Fsp3) is 0.167. The second-order valence-electron chi connectivity index (χ2n) is 5.16. The molecule has 0 spiro atoms. The highest BCUT2D eigenvalue weighted by Crippen LogP contribution is 2.22. The number of nitrogens with one attached hydrogen (secondary N) is 2. The minimum absolute atomic E-state index is 0.170. The van der Waals surface area contributed by atoms with Crippen LogP contribution in [0.15, 0.2) is 42.5 Å². The van der Waals surface area contributed by atoms with Crippen LogP contribution in [0, 0.1) is 11.3 Å². The van der Waals surface area contributed by atoms with Gasteiger partial charge in [0.15, 0.2) is 6.10 Å². The van der Waals surface area contributed by atoms with Crippen molar-refractivity contribution in [1.29, 1.82) is 5.26 Å². The number of ether oxygens (including phenoxy) is 2. The van der Waals surface area contributed by atoms with E-state index in [0.29, 0.717) is 16.3 Å². The van der Waals surface area contributed by atoms with Gasteiger partial charge < -0.3 is 9.47 Å². The lowest BCUT2D eigenvalue weighted by Gasteiger charge is -2.16. The number of hydrogen-bond acceptors (Lipinski definition) is 5. The zero-order valence-corrected chi connectivity index (χ0v) is 14.8. The van der Waals surface area contributed by atoms with Crippen molar-refractivity contribution in [2.45, 2.75) is 13.0 Å². The summed E-state index contributed by atoms with van der Waals surface area (Å²) in [6.07, 6.45) is -0.939. The number of hydrazine groups is 1. The van der Waals surface area contributed by atoms with Gasteiger partial charge in [0, 0.05) is 5.02 Å². The van der Waals surface area contributed by atoms with Gasteiger partial charge in [-0.15, -0.1) is 0 Å². The first-order valence-electron chi connectivity index (χ1n) is 7.55. The van der Waals surface area contributed by atoms with Crippen molar-refractivity contribution >= 4 is 23.4 Å². The molecular weight excluding hydrogens is 358 g/mol. The quantitative estimate of drug-likeness (QED) is 0.784. The second-order valence-corrected chi connectivity index (χ2v) is 5.59. The molecule has 0 aromatic heterocycles. The molecule has 0 heterocycles. The van der Waals surface area contributed by atoms with Gasteiger partial charge in [-0.25, -0.2) is 0 Å². The van der Waals surface area contributed by atoms with Crippen molar-refractivity contribution in [3.63, 3.8) is 0 Å². The van der Waals surface area contributed by atoms with E-state index in [9.17, 15) is 9.59 Å². The monoisotopic (exact) mass is 373 g/mol. The van der Waals surface area contributed by atoms with E-state index in [1.165, 1.54) is 20.1 Å². The SMILES string of the molecule is COc1ccc(Cl)cc1C(=O)NNC(=O)C(C)Oc1ccccc1C#N. The number of para-hydroxylation sites is 1. The number of amides is 2. The molecule has 7 nitrogen and oxygen atoms in total. The van der Waals surface area contributed by atoms with Crippen molar-refractivity contribution in [2.75, 3.05) is 7.11 Å². The average Bonchev–Trinajstić information content (AvgIpc) is 2.66. The topological polar surface area (TPSA) is 100 Å². The molecule has 0 fully saturated rings. The molecule has 2 aromatic rings. The molecule has 1 unspecified atom stereocenters. The molecule has 2 amide bonds. The summed E-state index contributed by atoms with van der Waals surface area (Å²) in [5.41, 5.74) is 5.01. The molecule has 0 radical (unpaired) electrons. The van der Waals surface area contributed by atoms with Crippen LogP contribution in [0.4, 0.5) is 0 Å². The van der Waals surface area contributed by atoms with Crippen LogP contribution in [0.1, 0.15) is 22.8 Å². The molecule has 0 aliphatic rings. The summed E-state index contributed by atoms with van der Waals surface area (Å²) in [4.78, 5) is 24.3. The molecule has 0 bridgehead atoms. The van der Waals surface area contributed by atoms with Gasteiger partial charge in [-0.2, -0.15) is 5.26 Å². The molecule has 0 aliphatic heterocycles. The maximum Gasteiger partial charge on any atom is 0.279 e. The lowest BCUT2D eigenvalue weighted by Crippen LogP contribution is -2.47. The largest absolute Gasteiger partial charge is 0.496 e. The van der Waals surface area contributed by atoms with Crippen LogP contribution in [0.2, 0.25) is 5.02 Å². The first-order chi connectivity index (χ1) is 12.5. The molecule has 0 saturated carbocycles. The number of rotatable bonds is 5. The lowest BCUT2D eigenvalue weighted by molar-refractivity contribution is -0.128. The predicted molar refractivity (Wildman–Crippen MR) is 94.9 cm³/mol. The smallest absolute Gasteiger partial charge is 0.279 e. The zero-order chi connectivity index (χ0) is 19.1. The summed E-state index contributed by atoms with van der Waals surface area (Å²) in [5.74, 6) is -0.594. The Hall–Kier alpha value is -3.24. The molecule has 0 saturated heterocycles. The number of nitrogens with zero attached hydrogens (tertiary/aromatic N) is 1. The highest BCUT2D eigenvalue weighted by atomic mass is 35.5. The van der Waals surface area contributed by atoms with Gasteiger partial charge in [0.1, 0.15) is 17.6 Å². The Bertz CT molecular complexity index is 864. The highest BCUT2D eigenvalue weighted by Gasteiger charge is 2.18. The first kappa shape index (κ1) is 19.1. The van der Waals surface area contributed by atoms with Crippen LogP contribution in [0.5, 0.6) is 11.5 Å². The zero-order valence-electron chi connectivity index (χ0n) is 14.1. The van der Waals surface area contributed by atoms with Crippen LogP contribution in [-0.2, 0) is 4.79 Å². The number of benzene rings is 2. The summed E-state index contributed by atoms with van der Waals surface area (Å²) < 4.78 is 10.6. The van der Waals surface area contributed by atoms with E-state index in [0.717, 1.165) is 0 Å². The van der Waals surface area contributed by atoms with Crippen LogP contribution < -0.4 is 20.3 Å². The maximum atomic E-state index is 12.2. The maximum absolute atomic E-state index is 12.2. The third-order valence-electron chi connectivity index (χ3n) is 3.39. The lowest BCUT2D eigenvalue weighted by atomic mass is 10.2. The summed E-state index contributed by atoms with van der Waals surface area (Å²) in [6.45, 7) is 1.50. The summed E-state index contributed by atoms with van der Waals surface area (Å²) in [5, 5.41) is 9.39. The van der Waals surface area contributed by atoms with Crippen molar-refractivity contribution < 1.29 is 19.1 Å². The average molecular weight is 374 g/mol. The Morgan fingerprint density at radius 3 is 2.58 bits per heavy atom. The van der Waals surface area contributed by atoms with E-state index >= 15 is 0 Å². The van der Waals surface area contributed by atoms with Gasteiger partial charge in [-0.05, 0) is 37.3 Å². The second kappa shape index (κ2) is 8.74. The number of hydrogen-bond donors (Lipinski definition) is 2. The van der Waals surface area contributed by atoms with Crippen LogP contribution in [0.3, 0.4) is 0 Å². The standard InChI is InChI=1S/C18H16ClN3O4/c1-11(26-15-6-4-3-5-12(15)10-20)17(23)21-22-18(24)14-9-13(19)7-8-16(14)25-2/h3-9,11H,1-2H3,(H,21,23)(H,22,24). The fourth-order valence-electron chi connectivity index (χ4n) is 2.05. The van der Waals surface area contributed by atoms with E-state index < -0.39 is 17.9 Å².